The van der Waals surface area contributed by atoms with Gasteiger partial charge in [-0.25, -0.2) is 0 Å². The van der Waals surface area contributed by atoms with E-state index in [1.54, 1.807) is 18.5 Å². The summed E-state index contributed by atoms with van der Waals surface area (Å²) in [5.74, 6) is -0.438. The number of hydrogen-bond acceptors (Lipinski definition) is 6. The number of thiocarbonyl (C=S) groups is 1. The Morgan fingerprint density at radius 2 is 1.93 bits per heavy atom. The molecule has 0 aliphatic rings. The van der Waals surface area contributed by atoms with Crippen molar-refractivity contribution in [3.8, 4) is 0 Å². The van der Waals surface area contributed by atoms with Crippen LogP contribution >= 0.6 is 24.0 Å². The van der Waals surface area contributed by atoms with Crippen LogP contribution in [0.5, 0.6) is 0 Å². The average Bonchev–Trinajstić information content (AvgIpc) is 2.62. The van der Waals surface area contributed by atoms with E-state index < -0.39 is 10.8 Å². The van der Waals surface area contributed by atoms with E-state index in [4.69, 9.17) is 12.2 Å². The number of benzene rings is 1. The lowest BCUT2D eigenvalue weighted by atomic mass is 10.2. The largest absolute Gasteiger partial charge is 0.352 e. The van der Waals surface area contributed by atoms with Gasteiger partial charge in [-0.3, -0.25) is 19.9 Å². The third-order valence-corrected chi connectivity index (χ3v) is 5.26. The number of hydrogen-bond donors (Lipinski definition) is 1. The summed E-state index contributed by atoms with van der Waals surface area (Å²) in [4.78, 5) is 29.9. The molecule has 0 unspecified atom stereocenters. The van der Waals surface area contributed by atoms with Crippen molar-refractivity contribution in [2.75, 3.05) is 5.32 Å². The number of aromatic nitrogens is 1. The van der Waals surface area contributed by atoms with Crippen LogP contribution in [-0.4, -0.2) is 37.1 Å². The van der Waals surface area contributed by atoms with Crippen LogP contribution in [0, 0.1) is 10.1 Å². The van der Waals surface area contributed by atoms with Crippen molar-refractivity contribution in [3.63, 3.8) is 0 Å². The first-order valence-electron chi connectivity index (χ1n) is 8.70. The van der Waals surface area contributed by atoms with Crippen molar-refractivity contribution in [1.82, 2.24) is 9.88 Å². The highest BCUT2D eigenvalue weighted by molar-refractivity contribution is 8.23. The van der Waals surface area contributed by atoms with Crippen LogP contribution in [0.1, 0.15) is 38.1 Å². The lowest BCUT2D eigenvalue weighted by Gasteiger charge is -2.32. The summed E-state index contributed by atoms with van der Waals surface area (Å²) in [7, 11) is 0. The molecule has 0 aliphatic carbocycles. The number of nitrogens with zero attached hydrogens (tertiary/aromatic N) is 3. The third kappa shape index (κ3) is 5.49. The molecule has 148 valence electrons. The van der Waals surface area contributed by atoms with Crippen molar-refractivity contribution >= 4 is 45.6 Å². The van der Waals surface area contributed by atoms with Crippen molar-refractivity contribution < 1.29 is 9.72 Å². The molecule has 0 saturated carbocycles. The summed E-state index contributed by atoms with van der Waals surface area (Å²) in [5.41, 5.74) is 0.615. The number of amides is 1. The number of anilines is 1. The van der Waals surface area contributed by atoms with Crippen LogP contribution < -0.4 is 5.32 Å². The normalized spacial score (nSPS) is 10.8. The van der Waals surface area contributed by atoms with Gasteiger partial charge in [-0.1, -0.05) is 30.0 Å². The summed E-state index contributed by atoms with van der Waals surface area (Å²) < 4.78 is 0.684. The zero-order chi connectivity index (χ0) is 20.8. The molecule has 9 heteroatoms. The zero-order valence-corrected chi connectivity index (χ0v) is 17.7. The minimum Gasteiger partial charge on any atom is -0.352 e. The van der Waals surface area contributed by atoms with Gasteiger partial charge in [0.1, 0.15) is 4.32 Å². The van der Waals surface area contributed by atoms with Gasteiger partial charge in [0.15, 0.2) is 0 Å². The van der Waals surface area contributed by atoms with Gasteiger partial charge in [0.25, 0.3) is 11.6 Å². The highest BCUT2D eigenvalue weighted by Crippen LogP contribution is 2.30. The number of thioether (sulfide) groups is 1. The Labute approximate surface area is 173 Å². The van der Waals surface area contributed by atoms with E-state index in [9.17, 15) is 14.9 Å². The molecule has 28 heavy (non-hydrogen) atoms. The number of nitrogens with one attached hydrogen (secondary N) is 1. The molecule has 0 fully saturated rings. The first-order chi connectivity index (χ1) is 13.2. The van der Waals surface area contributed by atoms with Gasteiger partial charge in [-0.2, -0.15) is 0 Å². The molecule has 0 radical (unpaired) electrons. The Morgan fingerprint density at radius 3 is 2.54 bits per heavy atom. The molecular weight excluding hydrogens is 396 g/mol. The SMILES string of the molecule is CC(C)N(C(=S)Sc1cnccc1NC(=O)c1cccc([N+](=O)[O-])c1)C(C)C. The number of carbonyl (C=O) groups excluding carboxylic acids is 1. The Morgan fingerprint density at radius 1 is 1.25 bits per heavy atom. The monoisotopic (exact) mass is 418 g/mol. The number of non-ortho nitro benzene ring substituents is 1. The van der Waals surface area contributed by atoms with Crippen LogP contribution in [0.25, 0.3) is 0 Å². The molecular formula is C19H22N4O3S2. The molecule has 7 nitrogen and oxygen atoms in total. The smallest absolute Gasteiger partial charge is 0.270 e. The van der Waals surface area contributed by atoms with Crippen LogP contribution in [-0.2, 0) is 0 Å². The van der Waals surface area contributed by atoms with Gasteiger partial charge in [-0.15, -0.1) is 0 Å². The topological polar surface area (TPSA) is 88.4 Å². The van der Waals surface area contributed by atoms with E-state index in [1.165, 1.54) is 36.0 Å². The minimum atomic E-state index is -0.532. The van der Waals surface area contributed by atoms with Crippen LogP contribution in [0.2, 0.25) is 0 Å². The first kappa shape index (κ1) is 21.8. The van der Waals surface area contributed by atoms with E-state index in [2.05, 4.69) is 42.9 Å². The van der Waals surface area contributed by atoms with Crippen LogP contribution in [0.3, 0.4) is 0 Å². The highest BCUT2D eigenvalue weighted by Gasteiger charge is 2.20. The maximum Gasteiger partial charge on any atom is 0.270 e. The average molecular weight is 419 g/mol. The predicted octanol–water partition coefficient (Wildman–Crippen LogP) is 4.74. The molecule has 2 rings (SSSR count). The number of carbonyl (C=O) groups is 1. The van der Waals surface area contributed by atoms with Crippen molar-refractivity contribution in [2.24, 2.45) is 0 Å². The molecule has 1 aromatic carbocycles. The summed E-state index contributed by atoms with van der Waals surface area (Å²) in [6.07, 6.45) is 3.21. The van der Waals surface area contributed by atoms with E-state index in [-0.39, 0.29) is 23.3 Å². The fourth-order valence-corrected chi connectivity index (χ4v) is 4.43. The first-order valence-corrected chi connectivity index (χ1v) is 9.93. The molecule has 1 amide bonds. The van der Waals surface area contributed by atoms with Gasteiger partial charge >= 0.3 is 0 Å². The number of pyridine rings is 1. The molecule has 0 atom stereocenters. The van der Waals surface area contributed by atoms with Crippen LogP contribution in [0.15, 0.2) is 47.6 Å². The van der Waals surface area contributed by atoms with Crippen LogP contribution in [0.4, 0.5) is 11.4 Å². The Balaban J connectivity index is 2.22. The van der Waals surface area contributed by atoms with Gasteiger partial charge < -0.3 is 10.2 Å². The molecule has 0 saturated heterocycles. The van der Waals surface area contributed by atoms with E-state index in [1.807, 2.05) is 0 Å². The standard InChI is InChI=1S/C19H22N4O3S2/c1-12(2)22(13(3)4)19(27)28-17-11-20-9-8-16(17)21-18(24)14-6-5-7-15(10-14)23(25)26/h5-13H,1-4H3,(H,20,21,24). The van der Waals surface area contributed by atoms with E-state index >= 15 is 0 Å². The molecule has 1 heterocycles. The Bertz CT molecular complexity index is 879. The molecule has 0 bridgehead atoms. The molecule has 0 aliphatic heterocycles. The van der Waals surface area contributed by atoms with E-state index in [0.717, 1.165) is 0 Å². The summed E-state index contributed by atoms with van der Waals surface area (Å²) in [6, 6.07) is 7.74. The third-order valence-electron chi connectivity index (χ3n) is 3.87. The van der Waals surface area contributed by atoms with Gasteiger partial charge in [-0.05, 0) is 39.8 Å². The fraction of sp³-hybridized carbons (Fsp3) is 0.316. The lowest BCUT2D eigenvalue weighted by molar-refractivity contribution is -0.384. The second-order valence-electron chi connectivity index (χ2n) is 6.60. The van der Waals surface area contributed by atoms with Crippen molar-refractivity contribution in [3.05, 3.63) is 58.4 Å². The highest BCUT2D eigenvalue weighted by atomic mass is 32.2. The quantitative estimate of drug-likeness (QED) is 0.314. The maximum absolute atomic E-state index is 12.6. The van der Waals surface area contributed by atoms with Crippen molar-refractivity contribution in [2.45, 2.75) is 44.7 Å². The molecule has 0 spiro atoms. The zero-order valence-electron chi connectivity index (χ0n) is 16.1. The molecule has 1 N–H and O–H groups in total. The summed E-state index contributed by atoms with van der Waals surface area (Å²) in [5, 5.41) is 13.7. The lowest BCUT2D eigenvalue weighted by Crippen LogP contribution is -2.39. The van der Waals surface area contributed by atoms with E-state index in [0.29, 0.717) is 14.9 Å². The Kier molecular flexibility index (Phi) is 7.47. The molecule has 1 aromatic heterocycles. The van der Waals surface area contributed by atoms with Crippen molar-refractivity contribution in [1.29, 1.82) is 0 Å². The number of nitro benzene ring substituents is 1. The predicted molar refractivity (Wildman–Crippen MR) is 116 cm³/mol. The number of nitro groups is 1. The Hall–Kier alpha value is -2.52. The number of rotatable bonds is 6. The maximum atomic E-state index is 12.6. The fourth-order valence-electron chi connectivity index (χ4n) is 2.68. The second kappa shape index (κ2) is 9.61. The van der Waals surface area contributed by atoms with Gasteiger partial charge in [0.05, 0.1) is 15.5 Å². The van der Waals surface area contributed by atoms with Gasteiger partial charge in [0, 0.05) is 42.2 Å². The second-order valence-corrected chi connectivity index (χ2v) is 8.27. The van der Waals surface area contributed by atoms with Gasteiger partial charge in [0.2, 0.25) is 0 Å². The summed E-state index contributed by atoms with van der Waals surface area (Å²) >= 11 is 6.95. The summed E-state index contributed by atoms with van der Waals surface area (Å²) in [6.45, 7) is 8.28. The minimum absolute atomic E-state index is 0.136. The molecule has 2 aromatic rings.